The van der Waals surface area contributed by atoms with E-state index in [0.717, 1.165) is 11.3 Å². The quantitative estimate of drug-likeness (QED) is 0.875. The van der Waals surface area contributed by atoms with Crippen molar-refractivity contribution in [2.75, 3.05) is 11.9 Å². The molecular formula is C15H14N2O3. The summed E-state index contributed by atoms with van der Waals surface area (Å²) in [6.45, 7) is 0.330. The highest BCUT2D eigenvalue weighted by Crippen LogP contribution is 2.28. The van der Waals surface area contributed by atoms with Crippen molar-refractivity contribution in [1.29, 1.82) is 0 Å². The molecule has 0 saturated carbocycles. The van der Waals surface area contributed by atoms with Gasteiger partial charge in [-0.15, -0.1) is 0 Å². The molecule has 0 spiro atoms. The van der Waals surface area contributed by atoms with E-state index in [0.29, 0.717) is 13.0 Å². The maximum Gasteiger partial charge on any atom is 0.232 e. The number of carbonyl (C=O) groups excluding carboxylic acids is 1. The Morgan fingerprint density at radius 3 is 3.00 bits per heavy atom. The van der Waals surface area contributed by atoms with Crippen molar-refractivity contribution < 1.29 is 14.6 Å². The minimum absolute atomic E-state index is 0.0435. The fourth-order valence-electron chi connectivity index (χ4n) is 2.21. The van der Waals surface area contributed by atoms with E-state index < -0.39 is 0 Å². The summed E-state index contributed by atoms with van der Waals surface area (Å²) < 4.78 is 5.58. The number of rotatable bonds is 2. The zero-order valence-electron chi connectivity index (χ0n) is 10.7. The predicted molar refractivity (Wildman–Crippen MR) is 73.7 cm³/mol. The summed E-state index contributed by atoms with van der Waals surface area (Å²) in [4.78, 5) is 16.1. The number of fused-ring (bicyclic) bond motifs is 1. The minimum Gasteiger partial charge on any atom is -0.504 e. The largest absolute Gasteiger partial charge is 0.504 e. The molecular weight excluding hydrogens is 256 g/mol. The Hall–Kier alpha value is -2.56. The number of nitrogens with one attached hydrogen (secondary N) is 1. The summed E-state index contributed by atoms with van der Waals surface area (Å²) >= 11 is 0. The first-order valence-corrected chi connectivity index (χ1v) is 6.39. The highest BCUT2D eigenvalue weighted by atomic mass is 16.5. The highest BCUT2D eigenvalue weighted by molar-refractivity contribution is 5.93. The van der Waals surface area contributed by atoms with Gasteiger partial charge < -0.3 is 15.2 Å². The Bertz CT molecular complexity index is 643. The van der Waals surface area contributed by atoms with Gasteiger partial charge in [-0.05, 0) is 30.2 Å². The highest BCUT2D eigenvalue weighted by Gasteiger charge is 2.26. The maximum atomic E-state index is 12.2. The van der Waals surface area contributed by atoms with Crippen LogP contribution < -0.4 is 10.1 Å². The topological polar surface area (TPSA) is 71.5 Å². The fourth-order valence-corrected chi connectivity index (χ4v) is 2.21. The molecule has 0 bridgehead atoms. The summed E-state index contributed by atoms with van der Waals surface area (Å²) in [6.07, 6.45) is 2.14. The number of aromatic nitrogens is 1. The molecule has 5 nitrogen and oxygen atoms in total. The molecule has 2 aromatic rings. The molecule has 102 valence electrons. The van der Waals surface area contributed by atoms with Crippen LogP contribution in [0.15, 0.2) is 42.6 Å². The summed E-state index contributed by atoms with van der Waals surface area (Å²) in [6, 6.07) is 10.8. The monoisotopic (exact) mass is 270 g/mol. The Morgan fingerprint density at radius 1 is 1.30 bits per heavy atom. The SMILES string of the molecule is O=C(Nc1ncccc1O)[C@@H]1COc2ccccc2C1. The lowest BCUT2D eigenvalue weighted by Crippen LogP contribution is -2.32. The molecule has 1 atom stereocenters. The normalized spacial score (nSPS) is 16.9. The first kappa shape index (κ1) is 12.5. The lowest BCUT2D eigenvalue weighted by atomic mass is 9.96. The molecule has 20 heavy (non-hydrogen) atoms. The van der Waals surface area contributed by atoms with Gasteiger partial charge in [0.15, 0.2) is 11.6 Å². The molecule has 0 fully saturated rings. The van der Waals surface area contributed by atoms with Crippen molar-refractivity contribution >= 4 is 11.7 Å². The third kappa shape index (κ3) is 2.42. The average molecular weight is 270 g/mol. The van der Waals surface area contributed by atoms with E-state index in [2.05, 4.69) is 10.3 Å². The van der Waals surface area contributed by atoms with Gasteiger partial charge in [0.1, 0.15) is 12.4 Å². The van der Waals surface area contributed by atoms with Gasteiger partial charge in [-0.1, -0.05) is 18.2 Å². The van der Waals surface area contributed by atoms with Crippen molar-refractivity contribution in [2.24, 2.45) is 5.92 Å². The van der Waals surface area contributed by atoms with E-state index in [4.69, 9.17) is 4.74 Å². The van der Waals surface area contributed by atoms with Crippen LogP contribution in [-0.2, 0) is 11.2 Å². The first-order chi connectivity index (χ1) is 9.74. The predicted octanol–water partition coefficient (Wildman–Crippen LogP) is 1.98. The van der Waals surface area contributed by atoms with Gasteiger partial charge in [0, 0.05) is 6.20 Å². The second-order valence-electron chi connectivity index (χ2n) is 4.68. The fraction of sp³-hybridized carbons (Fsp3) is 0.200. The van der Waals surface area contributed by atoms with Crippen molar-refractivity contribution in [3.8, 4) is 11.5 Å². The van der Waals surface area contributed by atoms with Gasteiger partial charge in [0.05, 0.1) is 5.92 Å². The van der Waals surface area contributed by atoms with Crippen molar-refractivity contribution in [2.45, 2.75) is 6.42 Å². The zero-order valence-corrected chi connectivity index (χ0v) is 10.7. The van der Waals surface area contributed by atoms with Crippen LogP contribution in [0.5, 0.6) is 11.5 Å². The maximum absolute atomic E-state index is 12.2. The molecule has 1 aromatic carbocycles. The Balaban J connectivity index is 1.72. The standard InChI is InChI=1S/C15H14N2O3/c18-12-5-3-7-16-14(12)17-15(19)11-8-10-4-1-2-6-13(10)20-9-11/h1-7,11,18H,8-9H2,(H,16,17,19)/t11-/m0/s1. The molecule has 1 aliphatic heterocycles. The molecule has 1 amide bonds. The van der Waals surface area contributed by atoms with E-state index in [1.165, 1.54) is 12.3 Å². The zero-order chi connectivity index (χ0) is 13.9. The van der Waals surface area contributed by atoms with Crippen molar-refractivity contribution in [1.82, 2.24) is 4.98 Å². The van der Waals surface area contributed by atoms with Gasteiger partial charge >= 0.3 is 0 Å². The lowest BCUT2D eigenvalue weighted by molar-refractivity contribution is -0.121. The Morgan fingerprint density at radius 2 is 2.15 bits per heavy atom. The molecule has 0 saturated heterocycles. The molecule has 0 radical (unpaired) electrons. The number of hydrogen-bond donors (Lipinski definition) is 2. The van der Waals surface area contributed by atoms with Crippen LogP contribution in [-0.4, -0.2) is 22.6 Å². The van der Waals surface area contributed by atoms with Crippen molar-refractivity contribution in [3.63, 3.8) is 0 Å². The van der Waals surface area contributed by atoms with Gasteiger partial charge in [-0.25, -0.2) is 4.98 Å². The number of hydrogen-bond acceptors (Lipinski definition) is 4. The number of nitrogens with zero attached hydrogens (tertiary/aromatic N) is 1. The van der Waals surface area contributed by atoms with Crippen LogP contribution in [0.1, 0.15) is 5.56 Å². The number of ether oxygens (including phenoxy) is 1. The Kier molecular flexibility index (Phi) is 3.25. The molecule has 0 unspecified atom stereocenters. The lowest BCUT2D eigenvalue weighted by Gasteiger charge is -2.24. The third-order valence-electron chi connectivity index (χ3n) is 3.28. The summed E-state index contributed by atoms with van der Waals surface area (Å²) in [5.74, 6) is 0.478. The van der Waals surface area contributed by atoms with Gasteiger partial charge in [-0.3, -0.25) is 4.79 Å². The van der Waals surface area contributed by atoms with E-state index in [-0.39, 0.29) is 23.4 Å². The smallest absolute Gasteiger partial charge is 0.232 e. The van der Waals surface area contributed by atoms with Crippen molar-refractivity contribution in [3.05, 3.63) is 48.2 Å². The van der Waals surface area contributed by atoms with E-state index >= 15 is 0 Å². The summed E-state index contributed by atoms with van der Waals surface area (Å²) in [5, 5.41) is 12.2. The molecule has 1 aromatic heterocycles. The molecule has 1 aliphatic rings. The number of pyridine rings is 1. The molecule has 5 heteroatoms. The number of amides is 1. The van der Waals surface area contributed by atoms with E-state index in [1.54, 1.807) is 6.07 Å². The van der Waals surface area contributed by atoms with Gasteiger partial charge in [0.2, 0.25) is 5.91 Å². The van der Waals surface area contributed by atoms with Gasteiger partial charge in [-0.2, -0.15) is 0 Å². The molecule has 3 rings (SSSR count). The first-order valence-electron chi connectivity index (χ1n) is 6.39. The molecule has 0 aliphatic carbocycles. The number of benzene rings is 1. The third-order valence-corrected chi connectivity index (χ3v) is 3.28. The van der Waals surface area contributed by atoms with Crippen LogP contribution in [0.3, 0.4) is 0 Å². The van der Waals surface area contributed by atoms with Crippen LogP contribution >= 0.6 is 0 Å². The van der Waals surface area contributed by atoms with Crippen LogP contribution in [0.2, 0.25) is 0 Å². The average Bonchev–Trinajstić information content (AvgIpc) is 2.49. The molecule has 2 N–H and O–H groups in total. The number of aromatic hydroxyl groups is 1. The van der Waals surface area contributed by atoms with Crippen LogP contribution in [0, 0.1) is 5.92 Å². The summed E-state index contributed by atoms with van der Waals surface area (Å²) in [7, 11) is 0. The van der Waals surface area contributed by atoms with Gasteiger partial charge in [0.25, 0.3) is 0 Å². The summed E-state index contributed by atoms with van der Waals surface area (Å²) in [5.41, 5.74) is 1.02. The number of para-hydroxylation sites is 1. The van der Waals surface area contributed by atoms with Crippen LogP contribution in [0.4, 0.5) is 5.82 Å². The van der Waals surface area contributed by atoms with E-state index in [1.807, 2.05) is 24.3 Å². The Labute approximate surface area is 116 Å². The molecule has 2 heterocycles. The van der Waals surface area contributed by atoms with Crippen LogP contribution in [0.25, 0.3) is 0 Å². The minimum atomic E-state index is -0.286. The second kappa shape index (κ2) is 5.21. The second-order valence-corrected chi connectivity index (χ2v) is 4.68. The number of carbonyl (C=O) groups is 1. The van der Waals surface area contributed by atoms with E-state index in [9.17, 15) is 9.90 Å². The number of anilines is 1.